The van der Waals surface area contributed by atoms with E-state index in [0.717, 1.165) is 17.1 Å². The van der Waals surface area contributed by atoms with Crippen LogP contribution in [0.5, 0.6) is 0 Å². The fraction of sp³-hybridized carbons (Fsp3) is 0.400. The highest BCUT2D eigenvalue weighted by atomic mass is 16.3. The molecule has 5 heteroatoms. The summed E-state index contributed by atoms with van der Waals surface area (Å²) in [5, 5.41) is 17.3. The van der Waals surface area contributed by atoms with Gasteiger partial charge in [-0.05, 0) is 11.5 Å². The molecule has 0 amide bonds. The maximum absolute atomic E-state index is 9.61. The van der Waals surface area contributed by atoms with Crippen LogP contribution in [-0.4, -0.2) is 21.5 Å². The zero-order valence-electron chi connectivity index (χ0n) is 12.2. The van der Waals surface area contributed by atoms with Crippen molar-refractivity contribution in [1.29, 1.82) is 0 Å². The minimum Gasteiger partial charge on any atom is -0.394 e. The molecule has 0 aliphatic carbocycles. The normalized spacial score (nSPS) is 12.7. The Morgan fingerprint density at radius 3 is 2.45 bits per heavy atom. The summed E-state index contributed by atoms with van der Waals surface area (Å²) in [6.07, 6.45) is 0. The molecule has 0 bridgehead atoms. The average Bonchev–Trinajstić information content (AvgIpc) is 2.73. The molecule has 20 heavy (non-hydrogen) atoms. The van der Waals surface area contributed by atoms with Gasteiger partial charge in [0.05, 0.1) is 24.0 Å². The summed E-state index contributed by atoms with van der Waals surface area (Å²) >= 11 is 0. The SMILES string of the molecule is CC(C)c1nn(C)c(NC(CO)c2ccccc2)c1N. The Morgan fingerprint density at radius 2 is 1.95 bits per heavy atom. The van der Waals surface area contributed by atoms with Crippen LogP contribution in [0.4, 0.5) is 11.5 Å². The van der Waals surface area contributed by atoms with Gasteiger partial charge in [0.2, 0.25) is 0 Å². The highest BCUT2D eigenvalue weighted by Crippen LogP contribution is 2.30. The van der Waals surface area contributed by atoms with E-state index in [0.29, 0.717) is 5.69 Å². The lowest BCUT2D eigenvalue weighted by atomic mass is 10.1. The molecule has 0 saturated carbocycles. The standard InChI is InChI=1S/C15H22N4O/c1-10(2)14-13(16)15(19(3)18-14)17-12(9-20)11-7-5-4-6-8-11/h4-8,10,12,17,20H,9,16H2,1-3H3. The second-order valence-corrected chi connectivity index (χ2v) is 5.22. The number of hydrogen-bond donors (Lipinski definition) is 3. The van der Waals surface area contributed by atoms with Crippen LogP contribution in [0.15, 0.2) is 30.3 Å². The lowest BCUT2D eigenvalue weighted by molar-refractivity contribution is 0.276. The largest absolute Gasteiger partial charge is 0.394 e. The van der Waals surface area contributed by atoms with E-state index in [9.17, 15) is 5.11 Å². The number of aryl methyl sites for hydroxylation is 1. The monoisotopic (exact) mass is 274 g/mol. The van der Waals surface area contributed by atoms with E-state index in [1.165, 1.54) is 0 Å². The van der Waals surface area contributed by atoms with Crippen molar-refractivity contribution in [3.05, 3.63) is 41.6 Å². The van der Waals surface area contributed by atoms with Gasteiger partial charge in [-0.1, -0.05) is 44.2 Å². The molecule has 2 rings (SSSR count). The number of benzene rings is 1. The minimum atomic E-state index is -0.200. The van der Waals surface area contributed by atoms with Crippen LogP contribution in [0.1, 0.15) is 37.1 Å². The third kappa shape index (κ3) is 2.77. The molecular weight excluding hydrogens is 252 g/mol. The molecule has 108 valence electrons. The molecular formula is C15H22N4O. The number of aliphatic hydroxyl groups is 1. The Hall–Kier alpha value is -2.01. The second kappa shape index (κ2) is 5.96. The lowest BCUT2D eigenvalue weighted by Crippen LogP contribution is -2.17. The predicted molar refractivity (Wildman–Crippen MR) is 81.6 cm³/mol. The molecule has 0 saturated heterocycles. The van der Waals surface area contributed by atoms with E-state index < -0.39 is 0 Å². The van der Waals surface area contributed by atoms with E-state index in [4.69, 9.17) is 5.73 Å². The molecule has 5 nitrogen and oxygen atoms in total. The molecule has 1 heterocycles. The van der Waals surface area contributed by atoms with Gasteiger partial charge in [0.15, 0.2) is 0 Å². The summed E-state index contributed by atoms with van der Waals surface area (Å²) in [4.78, 5) is 0. The van der Waals surface area contributed by atoms with Gasteiger partial charge in [0.1, 0.15) is 5.82 Å². The van der Waals surface area contributed by atoms with Gasteiger partial charge < -0.3 is 16.2 Å². The quantitative estimate of drug-likeness (QED) is 0.781. The van der Waals surface area contributed by atoms with Crippen molar-refractivity contribution in [2.75, 3.05) is 17.7 Å². The third-order valence-electron chi connectivity index (χ3n) is 3.35. The molecule has 2 aromatic rings. The fourth-order valence-electron chi connectivity index (χ4n) is 2.24. The van der Waals surface area contributed by atoms with E-state index in [1.54, 1.807) is 4.68 Å². The lowest BCUT2D eigenvalue weighted by Gasteiger charge is -2.18. The van der Waals surface area contributed by atoms with Crippen molar-refractivity contribution < 1.29 is 5.11 Å². The van der Waals surface area contributed by atoms with Crippen molar-refractivity contribution in [3.63, 3.8) is 0 Å². The van der Waals surface area contributed by atoms with E-state index in [-0.39, 0.29) is 18.6 Å². The van der Waals surface area contributed by atoms with Crippen molar-refractivity contribution in [1.82, 2.24) is 9.78 Å². The molecule has 1 aromatic carbocycles. The highest BCUT2D eigenvalue weighted by molar-refractivity contribution is 5.66. The van der Waals surface area contributed by atoms with Gasteiger partial charge in [0, 0.05) is 7.05 Å². The molecule has 1 aromatic heterocycles. The molecule has 0 fully saturated rings. The zero-order chi connectivity index (χ0) is 14.7. The van der Waals surface area contributed by atoms with Crippen LogP contribution in [0.25, 0.3) is 0 Å². The topological polar surface area (TPSA) is 76.1 Å². The smallest absolute Gasteiger partial charge is 0.148 e. The Kier molecular flexibility index (Phi) is 4.29. The van der Waals surface area contributed by atoms with E-state index >= 15 is 0 Å². The second-order valence-electron chi connectivity index (χ2n) is 5.22. The highest BCUT2D eigenvalue weighted by Gasteiger charge is 2.19. The van der Waals surface area contributed by atoms with Crippen molar-refractivity contribution >= 4 is 11.5 Å². The first-order valence-electron chi connectivity index (χ1n) is 6.79. The van der Waals surface area contributed by atoms with Gasteiger partial charge in [0.25, 0.3) is 0 Å². The van der Waals surface area contributed by atoms with Gasteiger partial charge in [-0.2, -0.15) is 5.10 Å². The predicted octanol–water partition coefficient (Wildman–Crippen LogP) is 2.27. The molecule has 0 spiro atoms. The summed E-state index contributed by atoms with van der Waals surface area (Å²) in [7, 11) is 1.85. The van der Waals surface area contributed by atoms with Crippen LogP contribution in [0.3, 0.4) is 0 Å². The van der Waals surface area contributed by atoms with Crippen LogP contribution >= 0.6 is 0 Å². The van der Waals surface area contributed by atoms with Crippen LogP contribution in [0.2, 0.25) is 0 Å². The number of nitrogens with two attached hydrogens (primary N) is 1. The van der Waals surface area contributed by atoms with Crippen LogP contribution in [0, 0.1) is 0 Å². The first-order chi connectivity index (χ1) is 9.54. The number of nitrogens with zero attached hydrogens (tertiary/aromatic N) is 2. The Balaban J connectivity index is 2.29. The third-order valence-corrected chi connectivity index (χ3v) is 3.35. The molecule has 0 aliphatic rings. The van der Waals surface area contributed by atoms with Crippen molar-refractivity contribution in [3.8, 4) is 0 Å². The zero-order valence-corrected chi connectivity index (χ0v) is 12.2. The Morgan fingerprint density at radius 1 is 1.30 bits per heavy atom. The molecule has 1 unspecified atom stereocenters. The maximum atomic E-state index is 9.61. The first kappa shape index (κ1) is 14.4. The summed E-state index contributed by atoms with van der Waals surface area (Å²) in [5.74, 6) is 1.01. The van der Waals surface area contributed by atoms with Crippen LogP contribution in [-0.2, 0) is 7.05 Å². The number of rotatable bonds is 5. The number of nitrogens with one attached hydrogen (secondary N) is 1. The number of anilines is 2. The molecule has 1 atom stereocenters. The summed E-state index contributed by atoms with van der Waals surface area (Å²) < 4.78 is 1.73. The first-order valence-corrected chi connectivity index (χ1v) is 6.79. The van der Waals surface area contributed by atoms with Gasteiger partial charge in [-0.25, -0.2) is 0 Å². The fourth-order valence-corrected chi connectivity index (χ4v) is 2.24. The molecule has 0 aliphatic heterocycles. The number of hydrogen-bond acceptors (Lipinski definition) is 4. The molecule has 4 N–H and O–H groups in total. The molecule has 0 radical (unpaired) electrons. The number of nitrogen functional groups attached to an aromatic ring is 1. The maximum Gasteiger partial charge on any atom is 0.148 e. The average molecular weight is 274 g/mol. The number of aliphatic hydroxyl groups excluding tert-OH is 1. The minimum absolute atomic E-state index is 0.00829. The summed E-state index contributed by atoms with van der Waals surface area (Å²) in [6, 6.07) is 9.60. The van der Waals surface area contributed by atoms with Crippen LogP contribution < -0.4 is 11.1 Å². The van der Waals surface area contributed by atoms with Crippen molar-refractivity contribution in [2.24, 2.45) is 7.05 Å². The van der Waals surface area contributed by atoms with Gasteiger partial charge in [-0.15, -0.1) is 0 Å². The summed E-state index contributed by atoms with van der Waals surface area (Å²) in [5.41, 5.74) is 8.70. The summed E-state index contributed by atoms with van der Waals surface area (Å²) in [6.45, 7) is 4.11. The van der Waals surface area contributed by atoms with Gasteiger partial charge in [-0.3, -0.25) is 4.68 Å². The Bertz CT molecular complexity index is 563. The number of aromatic nitrogens is 2. The van der Waals surface area contributed by atoms with Gasteiger partial charge >= 0.3 is 0 Å². The Labute approximate surface area is 119 Å². The van der Waals surface area contributed by atoms with Crippen molar-refractivity contribution in [2.45, 2.75) is 25.8 Å². The van der Waals surface area contributed by atoms with E-state index in [1.807, 2.05) is 37.4 Å². The van der Waals surface area contributed by atoms with E-state index in [2.05, 4.69) is 24.3 Å².